The van der Waals surface area contributed by atoms with Crippen molar-refractivity contribution in [2.45, 2.75) is 18.2 Å². The van der Waals surface area contributed by atoms with Gasteiger partial charge in [-0.15, -0.1) is 0 Å². The van der Waals surface area contributed by atoms with E-state index >= 15 is 0 Å². The van der Waals surface area contributed by atoms with Crippen LogP contribution < -0.4 is 4.90 Å². The number of hydrogen-bond donors (Lipinski definition) is 2. The molecule has 7 nitrogen and oxygen atoms in total. The van der Waals surface area contributed by atoms with E-state index in [-0.39, 0.29) is 6.54 Å². The van der Waals surface area contributed by atoms with Gasteiger partial charge in [0.15, 0.2) is 0 Å². The molecule has 0 aliphatic carbocycles. The van der Waals surface area contributed by atoms with Crippen LogP contribution in [0.2, 0.25) is 0 Å². The first-order valence-corrected chi connectivity index (χ1v) is 7.47. The van der Waals surface area contributed by atoms with E-state index in [1.165, 1.54) is 4.90 Å². The van der Waals surface area contributed by atoms with Crippen LogP contribution in [-0.2, 0) is 4.79 Å². The lowest BCUT2D eigenvalue weighted by molar-refractivity contribution is -0.122. The van der Waals surface area contributed by atoms with Gasteiger partial charge in [0.2, 0.25) is 0 Å². The second-order valence-electron chi connectivity index (χ2n) is 5.90. The summed E-state index contributed by atoms with van der Waals surface area (Å²) < 4.78 is 0. The molecule has 4 rings (SSSR count). The van der Waals surface area contributed by atoms with Crippen LogP contribution in [0.25, 0.3) is 10.8 Å². The van der Waals surface area contributed by atoms with E-state index in [9.17, 15) is 25.1 Å². The normalized spacial score (nSPS) is 26.1. The first-order valence-electron chi connectivity index (χ1n) is 7.47. The van der Waals surface area contributed by atoms with Crippen LogP contribution in [0, 0.1) is 11.3 Å². The Balaban J connectivity index is 1.87. The Hall–Kier alpha value is -2.95. The number of carbonyl (C=O) groups excluding carboxylic acids is 2. The van der Waals surface area contributed by atoms with Crippen LogP contribution in [0.4, 0.5) is 10.5 Å². The molecule has 2 N–H and O–H groups in total. The highest BCUT2D eigenvalue weighted by Gasteiger charge is 2.56. The number of amides is 3. The second kappa shape index (κ2) is 5.03. The molecule has 0 saturated carbocycles. The molecule has 2 fully saturated rings. The lowest BCUT2D eigenvalue weighted by Gasteiger charge is -2.19. The number of aliphatic hydroxyl groups excluding tert-OH is 2. The molecule has 120 valence electrons. The summed E-state index contributed by atoms with van der Waals surface area (Å²) in [6, 6.07) is 10.6. The first-order chi connectivity index (χ1) is 11.5. The minimum Gasteiger partial charge on any atom is -0.388 e. The summed E-state index contributed by atoms with van der Waals surface area (Å²) in [5.41, 5.74) is 0.820. The maximum absolute atomic E-state index is 12.7. The Morgan fingerprint density at radius 3 is 2.46 bits per heavy atom. The smallest absolute Gasteiger partial charge is 0.332 e. The maximum atomic E-state index is 12.7. The summed E-state index contributed by atoms with van der Waals surface area (Å²) in [5.74, 6) is -0.570. The van der Waals surface area contributed by atoms with Gasteiger partial charge in [0, 0.05) is 10.8 Å². The van der Waals surface area contributed by atoms with E-state index in [1.807, 2.05) is 0 Å². The van der Waals surface area contributed by atoms with Crippen molar-refractivity contribution in [2.75, 3.05) is 11.4 Å². The Morgan fingerprint density at radius 1 is 1.08 bits per heavy atom. The Bertz CT molecular complexity index is 920. The van der Waals surface area contributed by atoms with Gasteiger partial charge in [-0.1, -0.05) is 24.3 Å². The Morgan fingerprint density at radius 2 is 1.79 bits per heavy atom. The van der Waals surface area contributed by atoms with Gasteiger partial charge >= 0.3 is 6.03 Å². The Labute approximate surface area is 136 Å². The average molecular weight is 323 g/mol. The van der Waals surface area contributed by atoms with Crippen molar-refractivity contribution in [3.05, 3.63) is 42.0 Å². The molecule has 0 spiro atoms. The fourth-order valence-corrected chi connectivity index (χ4v) is 3.45. The number of benzene rings is 2. The number of imide groups is 1. The fourth-order valence-electron chi connectivity index (χ4n) is 3.45. The minimum absolute atomic E-state index is 0.0822. The molecule has 0 bridgehead atoms. The van der Waals surface area contributed by atoms with Crippen LogP contribution in [-0.4, -0.2) is 51.8 Å². The summed E-state index contributed by atoms with van der Waals surface area (Å²) in [7, 11) is 0. The molecule has 2 saturated heterocycles. The van der Waals surface area contributed by atoms with Gasteiger partial charge in [-0.05, 0) is 12.1 Å². The molecular formula is C17H13N3O4. The van der Waals surface area contributed by atoms with E-state index in [2.05, 4.69) is 6.07 Å². The number of carbonyl (C=O) groups is 2. The molecule has 2 unspecified atom stereocenters. The third kappa shape index (κ3) is 1.78. The van der Waals surface area contributed by atoms with Crippen LogP contribution in [0.15, 0.2) is 36.4 Å². The van der Waals surface area contributed by atoms with E-state index in [4.69, 9.17) is 0 Å². The molecule has 0 aromatic heterocycles. The van der Waals surface area contributed by atoms with Crippen molar-refractivity contribution in [1.82, 2.24) is 4.90 Å². The molecule has 2 heterocycles. The van der Waals surface area contributed by atoms with E-state index in [1.54, 1.807) is 36.4 Å². The van der Waals surface area contributed by atoms with Crippen molar-refractivity contribution in [2.24, 2.45) is 0 Å². The van der Waals surface area contributed by atoms with Gasteiger partial charge in [-0.3, -0.25) is 4.79 Å². The molecule has 2 aliphatic rings. The number of nitrogens with zero attached hydrogens (tertiary/aromatic N) is 3. The van der Waals surface area contributed by atoms with Crippen molar-refractivity contribution < 1.29 is 19.8 Å². The van der Waals surface area contributed by atoms with Gasteiger partial charge < -0.3 is 15.1 Å². The molecular weight excluding hydrogens is 310 g/mol. The molecule has 3 atom stereocenters. The number of urea groups is 1. The predicted molar refractivity (Wildman–Crippen MR) is 84.1 cm³/mol. The third-order valence-electron chi connectivity index (χ3n) is 4.61. The summed E-state index contributed by atoms with van der Waals surface area (Å²) in [6.45, 7) is -0.0822. The summed E-state index contributed by atoms with van der Waals surface area (Å²) in [5, 5.41) is 30.1. The predicted octanol–water partition coefficient (Wildman–Crippen LogP) is 0.584. The topological polar surface area (TPSA) is 105 Å². The summed E-state index contributed by atoms with van der Waals surface area (Å²) in [4.78, 5) is 27.5. The maximum Gasteiger partial charge on any atom is 0.332 e. The van der Waals surface area contributed by atoms with Gasteiger partial charge in [0.25, 0.3) is 5.91 Å². The quantitative estimate of drug-likeness (QED) is 0.747. The summed E-state index contributed by atoms with van der Waals surface area (Å²) >= 11 is 0. The molecule has 2 aromatic rings. The zero-order valence-electron chi connectivity index (χ0n) is 12.5. The van der Waals surface area contributed by atoms with Gasteiger partial charge in [-0.25, -0.2) is 9.69 Å². The van der Waals surface area contributed by atoms with Crippen LogP contribution >= 0.6 is 0 Å². The SMILES string of the molecule is N#Cc1ccc(N2C(=O)[C@H]3C(O)C(O)CN3C2=O)c2ccccc12. The van der Waals surface area contributed by atoms with Crippen molar-refractivity contribution in [3.8, 4) is 6.07 Å². The Kier molecular flexibility index (Phi) is 3.06. The zero-order valence-corrected chi connectivity index (χ0v) is 12.5. The van der Waals surface area contributed by atoms with Crippen LogP contribution in [0.1, 0.15) is 5.56 Å². The highest BCUT2D eigenvalue weighted by Crippen LogP contribution is 2.36. The first kappa shape index (κ1) is 14.6. The van der Waals surface area contributed by atoms with Crippen molar-refractivity contribution in [3.63, 3.8) is 0 Å². The number of anilines is 1. The highest BCUT2D eigenvalue weighted by atomic mass is 16.3. The zero-order chi connectivity index (χ0) is 17.0. The lowest BCUT2D eigenvalue weighted by Crippen LogP contribution is -2.40. The van der Waals surface area contributed by atoms with Crippen molar-refractivity contribution in [1.29, 1.82) is 5.26 Å². The number of fused-ring (bicyclic) bond motifs is 2. The standard InChI is InChI=1S/C17H13N3O4/c18-7-9-5-6-12(11-4-2-1-3-10(9)11)20-16(23)14-15(22)13(21)8-19(14)17(20)24/h1-6,13-15,21-22H,8H2/t13?,14-,15?/m1/s1. The number of aliphatic hydroxyl groups is 2. The molecule has 7 heteroatoms. The fraction of sp³-hybridized carbons (Fsp3) is 0.235. The number of rotatable bonds is 1. The molecule has 0 radical (unpaired) electrons. The van der Waals surface area contributed by atoms with E-state index < -0.39 is 30.2 Å². The number of hydrogen-bond acceptors (Lipinski definition) is 5. The molecule has 2 aliphatic heterocycles. The average Bonchev–Trinajstić information content (AvgIpc) is 3.02. The lowest BCUT2D eigenvalue weighted by atomic mass is 10.0. The highest BCUT2D eigenvalue weighted by molar-refractivity contribution is 6.25. The van der Waals surface area contributed by atoms with E-state index in [0.717, 1.165) is 4.90 Å². The summed E-state index contributed by atoms with van der Waals surface area (Å²) in [6.07, 6.45) is -2.42. The number of nitriles is 1. The van der Waals surface area contributed by atoms with Crippen LogP contribution in [0.5, 0.6) is 0 Å². The van der Waals surface area contributed by atoms with E-state index in [0.29, 0.717) is 22.0 Å². The third-order valence-corrected chi connectivity index (χ3v) is 4.61. The molecule has 3 amide bonds. The monoisotopic (exact) mass is 323 g/mol. The van der Waals surface area contributed by atoms with Crippen LogP contribution in [0.3, 0.4) is 0 Å². The molecule has 24 heavy (non-hydrogen) atoms. The van der Waals surface area contributed by atoms with Crippen molar-refractivity contribution >= 4 is 28.4 Å². The molecule has 2 aromatic carbocycles. The van der Waals surface area contributed by atoms with Gasteiger partial charge in [0.1, 0.15) is 18.2 Å². The van der Waals surface area contributed by atoms with Gasteiger partial charge in [0.05, 0.1) is 23.9 Å². The van der Waals surface area contributed by atoms with Gasteiger partial charge in [-0.2, -0.15) is 5.26 Å². The second-order valence-corrected chi connectivity index (χ2v) is 5.90. The largest absolute Gasteiger partial charge is 0.388 e. The minimum atomic E-state index is -1.30.